The Morgan fingerprint density at radius 3 is 2.56 bits per heavy atom. The largest absolute Gasteiger partial charge is 0.492 e. The van der Waals surface area contributed by atoms with E-state index in [9.17, 15) is 18.4 Å². The number of hydrogen-bond acceptors (Lipinski definition) is 4. The van der Waals surface area contributed by atoms with Gasteiger partial charge >= 0.3 is 6.03 Å². The number of imide groups is 1. The lowest BCUT2D eigenvalue weighted by Crippen LogP contribution is -2.42. The summed E-state index contributed by atoms with van der Waals surface area (Å²) in [6.45, 7) is 1.26. The third kappa shape index (κ3) is 3.44. The standard InChI is InChI=1S/C19H15F2N3O3/c1-19(15-10-13(20)4-7-16(15)21)17(25)24(18(26)23-19)8-9-27-14-5-2-12(11-22)3-6-14/h2-7,10H,8-9H2,1H3,(H,23,26). The molecule has 6 nitrogen and oxygen atoms in total. The van der Waals surface area contributed by atoms with Crippen LogP contribution in [0.4, 0.5) is 13.6 Å². The Bertz CT molecular complexity index is 940. The van der Waals surface area contributed by atoms with Crippen LogP contribution in [-0.4, -0.2) is 30.0 Å². The van der Waals surface area contributed by atoms with Crippen molar-refractivity contribution in [2.75, 3.05) is 13.2 Å². The van der Waals surface area contributed by atoms with Crippen LogP contribution in [0.2, 0.25) is 0 Å². The smallest absolute Gasteiger partial charge is 0.325 e. The molecule has 1 N–H and O–H groups in total. The van der Waals surface area contributed by atoms with Gasteiger partial charge in [-0.1, -0.05) is 0 Å². The van der Waals surface area contributed by atoms with E-state index in [1.54, 1.807) is 24.3 Å². The average Bonchev–Trinajstić information content (AvgIpc) is 2.88. The molecule has 1 aliphatic rings. The molecule has 138 valence electrons. The zero-order valence-corrected chi connectivity index (χ0v) is 14.3. The number of amides is 3. The van der Waals surface area contributed by atoms with Crippen LogP contribution in [-0.2, 0) is 10.3 Å². The second kappa shape index (κ2) is 7.03. The normalized spacial score (nSPS) is 19.0. The molecule has 1 fully saturated rings. The maximum atomic E-state index is 14.1. The number of benzene rings is 2. The Hall–Kier alpha value is -3.47. The van der Waals surface area contributed by atoms with Crippen LogP contribution in [0, 0.1) is 23.0 Å². The number of carbonyl (C=O) groups excluding carboxylic acids is 2. The Morgan fingerprint density at radius 1 is 1.19 bits per heavy atom. The SMILES string of the molecule is CC1(c2cc(F)ccc2F)NC(=O)N(CCOc2ccc(C#N)cc2)C1=O. The van der Waals surface area contributed by atoms with E-state index in [0.717, 1.165) is 23.1 Å². The van der Waals surface area contributed by atoms with E-state index in [2.05, 4.69) is 5.32 Å². The van der Waals surface area contributed by atoms with Crippen molar-refractivity contribution in [3.8, 4) is 11.8 Å². The van der Waals surface area contributed by atoms with Crippen LogP contribution in [0.15, 0.2) is 42.5 Å². The van der Waals surface area contributed by atoms with Gasteiger partial charge in [-0.15, -0.1) is 0 Å². The van der Waals surface area contributed by atoms with Crippen molar-refractivity contribution < 1.29 is 23.1 Å². The van der Waals surface area contributed by atoms with Gasteiger partial charge in [0.15, 0.2) is 0 Å². The lowest BCUT2D eigenvalue weighted by molar-refractivity contribution is -0.131. The molecule has 1 atom stereocenters. The fourth-order valence-electron chi connectivity index (χ4n) is 2.84. The predicted octanol–water partition coefficient (Wildman–Crippen LogP) is 2.68. The number of carbonyl (C=O) groups is 2. The molecule has 2 aromatic rings. The van der Waals surface area contributed by atoms with Crippen molar-refractivity contribution in [2.45, 2.75) is 12.5 Å². The lowest BCUT2D eigenvalue weighted by Gasteiger charge is -2.22. The van der Waals surface area contributed by atoms with Crippen LogP contribution in [0.1, 0.15) is 18.1 Å². The van der Waals surface area contributed by atoms with E-state index in [0.29, 0.717) is 11.3 Å². The Morgan fingerprint density at radius 2 is 1.89 bits per heavy atom. The van der Waals surface area contributed by atoms with Gasteiger partial charge in [-0.25, -0.2) is 13.6 Å². The highest BCUT2D eigenvalue weighted by Crippen LogP contribution is 2.31. The van der Waals surface area contributed by atoms with E-state index in [1.807, 2.05) is 6.07 Å². The lowest BCUT2D eigenvalue weighted by atomic mass is 9.91. The number of nitrogens with zero attached hydrogens (tertiary/aromatic N) is 2. The first-order chi connectivity index (χ1) is 12.8. The number of nitriles is 1. The van der Waals surface area contributed by atoms with Crippen LogP contribution >= 0.6 is 0 Å². The first-order valence-electron chi connectivity index (χ1n) is 8.08. The highest BCUT2D eigenvalue weighted by atomic mass is 19.1. The Kier molecular flexibility index (Phi) is 4.77. The molecule has 0 saturated carbocycles. The van der Waals surface area contributed by atoms with Crippen molar-refractivity contribution >= 4 is 11.9 Å². The molecule has 8 heteroatoms. The summed E-state index contributed by atoms with van der Waals surface area (Å²) in [5.74, 6) is -1.72. The van der Waals surface area contributed by atoms with Gasteiger partial charge < -0.3 is 10.1 Å². The number of urea groups is 1. The van der Waals surface area contributed by atoms with Crippen LogP contribution in [0.5, 0.6) is 5.75 Å². The van der Waals surface area contributed by atoms with Crippen molar-refractivity contribution in [1.29, 1.82) is 5.26 Å². The van der Waals surface area contributed by atoms with Gasteiger partial charge in [0.1, 0.15) is 29.5 Å². The minimum atomic E-state index is -1.70. The highest BCUT2D eigenvalue weighted by Gasteiger charge is 2.50. The predicted molar refractivity (Wildman–Crippen MR) is 90.6 cm³/mol. The quantitative estimate of drug-likeness (QED) is 0.820. The molecule has 0 aromatic heterocycles. The fraction of sp³-hybridized carbons (Fsp3) is 0.211. The summed E-state index contributed by atoms with van der Waals surface area (Å²) in [5.41, 5.74) is -1.46. The van der Waals surface area contributed by atoms with E-state index in [4.69, 9.17) is 10.00 Å². The van der Waals surface area contributed by atoms with Crippen molar-refractivity contribution in [1.82, 2.24) is 10.2 Å². The number of nitrogens with one attached hydrogen (secondary N) is 1. The molecule has 0 spiro atoms. The van der Waals surface area contributed by atoms with Crippen LogP contribution in [0.25, 0.3) is 0 Å². The van der Waals surface area contributed by atoms with Gasteiger partial charge in [0.2, 0.25) is 0 Å². The zero-order chi connectivity index (χ0) is 19.6. The minimum Gasteiger partial charge on any atom is -0.492 e. The molecule has 3 rings (SSSR count). The summed E-state index contributed by atoms with van der Waals surface area (Å²) in [5, 5.41) is 11.2. The molecule has 27 heavy (non-hydrogen) atoms. The summed E-state index contributed by atoms with van der Waals surface area (Å²) in [6, 6.07) is 10.3. The monoisotopic (exact) mass is 371 g/mol. The molecular formula is C19H15F2N3O3. The highest BCUT2D eigenvalue weighted by molar-refractivity contribution is 6.07. The second-order valence-electron chi connectivity index (χ2n) is 6.12. The van der Waals surface area contributed by atoms with E-state index >= 15 is 0 Å². The molecule has 1 aliphatic heterocycles. The fourth-order valence-corrected chi connectivity index (χ4v) is 2.84. The van der Waals surface area contributed by atoms with Crippen LogP contribution < -0.4 is 10.1 Å². The van der Waals surface area contributed by atoms with Gasteiger partial charge in [-0.3, -0.25) is 9.69 Å². The van der Waals surface area contributed by atoms with Gasteiger partial charge in [-0.2, -0.15) is 5.26 Å². The number of rotatable bonds is 5. The number of ether oxygens (including phenoxy) is 1. The van der Waals surface area contributed by atoms with Crippen LogP contribution in [0.3, 0.4) is 0 Å². The van der Waals surface area contributed by atoms with E-state index in [1.165, 1.54) is 6.92 Å². The third-order valence-corrected chi connectivity index (χ3v) is 4.31. The Labute approximate surface area is 154 Å². The average molecular weight is 371 g/mol. The number of halogens is 2. The van der Waals surface area contributed by atoms with E-state index in [-0.39, 0.29) is 18.7 Å². The maximum absolute atomic E-state index is 14.1. The molecule has 1 saturated heterocycles. The van der Waals surface area contributed by atoms with Gasteiger partial charge in [0.05, 0.1) is 18.2 Å². The molecular weight excluding hydrogens is 356 g/mol. The molecule has 3 amide bonds. The van der Waals surface area contributed by atoms with Gasteiger partial charge in [0.25, 0.3) is 5.91 Å². The molecule has 0 aliphatic carbocycles. The van der Waals surface area contributed by atoms with Crippen molar-refractivity contribution in [2.24, 2.45) is 0 Å². The first kappa shape index (κ1) is 18.3. The van der Waals surface area contributed by atoms with Crippen molar-refractivity contribution in [3.63, 3.8) is 0 Å². The summed E-state index contributed by atoms with van der Waals surface area (Å²) < 4.78 is 33.0. The first-order valence-corrected chi connectivity index (χ1v) is 8.08. The Balaban J connectivity index is 1.70. The molecule has 1 unspecified atom stereocenters. The molecule has 0 bridgehead atoms. The molecule has 0 radical (unpaired) electrons. The van der Waals surface area contributed by atoms with E-state index < -0.39 is 29.1 Å². The summed E-state index contributed by atoms with van der Waals surface area (Å²) in [6.07, 6.45) is 0. The second-order valence-corrected chi connectivity index (χ2v) is 6.12. The summed E-state index contributed by atoms with van der Waals surface area (Å²) in [7, 11) is 0. The summed E-state index contributed by atoms with van der Waals surface area (Å²) in [4.78, 5) is 25.8. The minimum absolute atomic E-state index is 0.00672. The molecule has 2 aromatic carbocycles. The third-order valence-electron chi connectivity index (χ3n) is 4.31. The topological polar surface area (TPSA) is 82.4 Å². The van der Waals surface area contributed by atoms with Crippen molar-refractivity contribution in [3.05, 3.63) is 65.2 Å². The number of hydrogen-bond donors (Lipinski definition) is 1. The molecule has 1 heterocycles. The van der Waals surface area contributed by atoms with Gasteiger partial charge in [-0.05, 0) is 49.4 Å². The van der Waals surface area contributed by atoms with Gasteiger partial charge in [0, 0.05) is 5.56 Å². The summed E-state index contributed by atoms with van der Waals surface area (Å²) >= 11 is 0. The maximum Gasteiger partial charge on any atom is 0.325 e. The zero-order valence-electron chi connectivity index (χ0n) is 14.3.